The zero-order valence-corrected chi connectivity index (χ0v) is 16.2. The summed E-state index contributed by atoms with van der Waals surface area (Å²) in [5.41, 5.74) is 1.36. The number of hydrogen-bond acceptors (Lipinski definition) is 4. The van der Waals surface area contributed by atoms with Gasteiger partial charge < -0.3 is 5.32 Å². The molecule has 0 bridgehead atoms. The van der Waals surface area contributed by atoms with Gasteiger partial charge in [0.25, 0.3) is 11.8 Å². The van der Waals surface area contributed by atoms with E-state index < -0.39 is 17.5 Å². The van der Waals surface area contributed by atoms with Crippen molar-refractivity contribution in [3.63, 3.8) is 0 Å². The van der Waals surface area contributed by atoms with Crippen LogP contribution in [0.5, 0.6) is 0 Å². The Hall–Kier alpha value is -3.48. The Morgan fingerprint density at radius 2 is 1.72 bits per heavy atom. The topological polar surface area (TPSA) is 82.1 Å². The first-order valence-corrected chi connectivity index (χ1v) is 9.68. The molecule has 2 aromatic carbocycles. The monoisotopic (exact) mass is 390 g/mol. The maximum atomic E-state index is 13.1. The van der Waals surface area contributed by atoms with Crippen LogP contribution in [-0.4, -0.2) is 46.6 Å². The first-order valence-electron chi connectivity index (χ1n) is 9.68. The highest BCUT2D eigenvalue weighted by atomic mass is 16.2. The first-order chi connectivity index (χ1) is 14.0. The predicted octanol–water partition coefficient (Wildman–Crippen LogP) is 2.48. The van der Waals surface area contributed by atoms with Gasteiger partial charge in [-0.1, -0.05) is 67.6 Å². The molecule has 29 heavy (non-hydrogen) atoms. The predicted molar refractivity (Wildman–Crippen MR) is 108 cm³/mol. The maximum absolute atomic E-state index is 13.1. The van der Waals surface area contributed by atoms with E-state index in [2.05, 4.69) is 10.4 Å². The van der Waals surface area contributed by atoms with Crippen LogP contribution in [0.3, 0.4) is 0 Å². The highest BCUT2D eigenvalue weighted by Crippen LogP contribution is 2.32. The van der Waals surface area contributed by atoms with Crippen LogP contribution in [-0.2, 0) is 15.1 Å². The number of nitrogens with one attached hydrogen (secondary N) is 1. The second-order valence-corrected chi connectivity index (χ2v) is 7.13. The van der Waals surface area contributed by atoms with E-state index in [4.69, 9.17) is 0 Å². The highest BCUT2D eigenvalue weighted by Gasteiger charge is 2.51. The molecule has 1 unspecified atom stereocenters. The minimum atomic E-state index is -1.14. The van der Waals surface area contributed by atoms with E-state index >= 15 is 0 Å². The number of hydrogen-bond donors (Lipinski definition) is 1. The van der Waals surface area contributed by atoms with Gasteiger partial charge in [-0.15, -0.1) is 0 Å². The Morgan fingerprint density at radius 1 is 1.07 bits per heavy atom. The lowest BCUT2D eigenvalue weighted by molar-refractivity contribution is -0.139. The van der Waals surface area contributed by atoms with Crippen LogP contribution in [0, 0.1) is 0 Å². The Morgan fingerprint density at radius 3 is 2.38 bits per heavy atom. The number of rotatable bonds is 5. The van der Waals surface area contributed by atoms with Crippen LogP contribution < -0.4 is 5.32 Å². The Labute approximate surface area is 169 Å². The van der Waals surface area contributed by atoms with Gasteiger partial charge in [0.1, 0.15) is 12.1 Å². The number of amides is 4. The zero-order valence-electron chi connectivity index (χ0n) is 16.2. The van der Waals surface area contributed by atoms with Crippen LogP contribution >= 0.6 is 0 Å². The molecule has 0 aromatic heterocycles. The summed E-state index contributed by atoms with van der Waals surface area (Å²) in [6.45, 7) is 1.95. The number of nitrogens with zero attached hydrogens (tertiary/aromatic N) is 3. The lowest BCUT2D eigenvalue weighted by Crippen LogP contribution is -2.44. The maximum Gasteiger partial charge on any atom is 0.325 e. The molecule has 7 nitrogen and oxygen atoms in total. The molecule has 0 spiro atoms. The number of urea groups is 1. The Balaban J connectivity index is 1.51. The van der Waals surface area contributed by atoms with E-state index in [0.29, 0.717) is 24.9 Å². The summed E-state index contributed by atoms with van der Waals surface area (Å²) in [5, 5.41) is 8.54. The van der Waals surface area contributed by atoms with Crippen LogP contribution in [0.15, 0.2) is 65.8 Å². The standard InChI is InChI=1S/C22H22N4O3/c1-2-22(17-11-7-4-8-12-17)20(28)25(21(29)23-22)15-19(27)26-14-13-18(24-26)16-9-5-3-6-10-16/h3-12H,2,13-15H2,1H3,(H,23,29). The molecule has 148 valence electrons. The fraction of sp³-hybridized carbons (Fsp3) is 0.273. The van der Waals surface area contributed by atoms with E-state index in [0.717, 1.165) is 16.2 Å². The number of imide groups is 1. The first kappa shape index (κ1) is 18.9. The largest absolute Gasteiger partial charge is 0.325 e. The third-order valence-corrected chi connectivity index (χ3v) is 5.46. The van der Waals surface area contributed by atoms with Crippen molar-refractivity contribution in [2.24, 2.45) is 5.10 Å². The van der Waals surface area contributed by atoms with Crippen molar-refractivity contribution in [3.05, 3.63) is 71.8 Å². The molecule has 7 heteroatoms. The minimum Gasteiger partial charge on any atom is -0.319 e. The minimum absolute atomic E-state index is 0.329. The molecule has 0 radical (unpaired) electrons. The molecule has 4 amide bonds. The van der Waals surface area contributed by atoms with Crippen LogP contribution in [0.1, 0.15) is 30.9 Å². The van der Waals surface area contributed by atoms with Crippen molar-refractivity contribution >= 4 is 23.6 Å². The van der Waals surface area contributed by atoms with E-state index in [1.54, 1.807) is 0 Å². The fourth-order valence-electron chi connectivity index (χ4n) is 3.82. The number of hydrazone groups is 1. The summed E-state index contributed by atoms with van der Waals surface area (Å²) in [7, 11) is 0. The van der Waals surface area contributed by atoms with E-state index in [9.17, 15) is 14.4 Å². The summed E-state index contributed by atoms with van der Waals surface area (Å²) in [4.78, 5) is 39.4. The molecule has 0 saturated carbocycles. The quantitative estimate of drug-likeness (QED) is 0.797. The second kappa shape index (κ2) is 7.50. The smallest absolute Gasteiger partial charge is 0.319 e. The van der Waals surface area contributed by atoms with Crippen molar-refractivity contribution in [1.82, 2.24) is 15.2 Å². The molecule has 1 N–H and O–H groups in total. The molecule has 1 saturated heterocycles. The molecule has 1 fully saturated rings. The Bertz CT molecular complexity index is 974. The van der Waals surface area contributed by atoms with E-state index in [1.807, 2.05) is 67.6 Å². The summed E-state index contributed by atoms with van der Waals surface area (Å²) >= 11 is 0. The summed E-state index contributed by atoms with van der Waals surface area (Å²) in [6.07, 6.45) is 1.03. The van der Waals surface area contributed by atoms with Crippen molar-refractivity contribution in [1.29, 1.82) is 0 Å². The van der Waals surface area contributed by atoms with Crippen molar-refractivity contribution < 1.29 is 14.4 Å². The summed E-state index contributed by atoms with van der Waals surface area (Å²) in [6, 6.07) is 18.2. The van der Waals surface area contributed by atoms with E-state index in [-0.39, 0.29) is 12.5 Å². The van der Waals surface area contributed by atoms with Crippen molar-refractivity contribution in [2.75, 3.05) is 13.1 Å². The highest BCUT2D eigenvalue weighted by molar-refractivity contribution is 6.09. The molecular formula is C22H22N4O3. The molecule has 2 aromatic rings. The lowest BCUT2D eigenvalue weighted by atomic mass is 9.87. The third-order valence-electron chi connectivity index (χ3n) is 5.46. The SMILES string of the molecule is CCC1(c2ccccc2)NC(=O)N(CC(=O)N2CCC(c3ccccc3)=N2)C1=O. The third kappa shape index (κ3) is 3.29. The van der Waals surface area contributed by atoms with Gasteiger partial charge in [0.05, 0.1) is 12.3 Å². The van der Waals surface area contributed by atoms with Gasteiger partial charge in [-0.25, -0.2) is 9.80 Å². The summed E-state index contributed by atoms with van der Waals surface area (Å²) in [5.74, 6) is -0.782. The van der Waals surface area contributed by atoms with Gasteiger partial charge in [-0.3, -0.25) is 14.5 Å². The normalized spacial score (nSPS) is 21.3. The lowest BCUT2D eigenvalue weighted by Gasteiger charge is -2.25. The van der Waals surface area contributed by atoms with Crippen LogP contribution in [0.4, 0.5) is 4.79 Å². The molecule has 2 heterocycles. The number of carbonyl (C=O) groups excluding carboxylic acids is 3. The molecule has 2 aliphatic rings. The Kier molecular flexibility index (Phi) is 4.88. The fourth-order valence-corrected chi connectivity index (χ4v) is 3.82. The van der Waals surface area contributed by atoms with Gasteiger partial charge >= 0.3 is 6.03 Å². The number of benzene rings is 2. The van der Waals surface area contributed by atoms with Crippen LogP contribution in [0.25, 0.3) is 0 Å². The van der Waals surface area contributed by atoms with Gasteiger partial charge in [0.15, 0.2) is 0 Å². The molecule has 4 rings (SSSR count). The number of carbonyl (C=O) groups is 3. The zero-order chi connectivity index (χ0) is 20.4. The molecular weight excluding hydrogens is 368 g/mol. The van der Waals surface area contributed by atoms with E-state index in [1.165, 1.54) is 5.01 Å². The summed E-state index contributed by atoms with van der Waals surface area (Å²) < 4.78 is 0. The molecule has 0 aliphatic carbocycles. The van der Waals surface area contributed by atoms with Crippen molar-refractivity contribution in [2.45, 2.75) is 25.3 Å². The average Bonchev–Trinajstić information content (AvgIpc) is 3.35. The van der Waals surface area contributed by atoms with Gasteiger partial charge in [-0.05, 0) is 17.5 Å². The van der Waals surface area contributed by atoms with Crippen LogP contribution in [0.2, 0.25) is 0 Å². The van der Waals surface area contributed by atoms with Gasteiger partial charge in [-0.2, -0.15) is 5.10 Å². The molecule has 2 aliphatic heterocycles. The van der Waals surface area contributed by atoms with Gasteiger partial charge in [0, 0.05) is 6.42 Å². The molecule has 1 atom stereocenters. The average molecular weight is 390 g/mol. The second-order valence-electron chi connectivity index (χ2n) is 7.13. The van der Waals surface area contributed by atoms with Gasteiger partial charge in [0.2, 0.25) is 0 Å². The van der Waals surface area contributed by atoms with Crippen molar-refractivity contribution in [3.8, 4) is 0 Å².